The number of nitrogens with one attached hydrogen (secondary N) is 1. The summed E-state index contributed by atoms with van der Waals surface area (Å²) in [5.74, 6) is 0. The van der Waals surface area contributed by atoms with Gasteiger partial charge >= 0.3 is 0 Å². The predicted octanol–water partition coefficient (Wildman–Crippen LogP) is 5.24. The van der Waals surface area contributed by atoms with Crippen molar-refractivity contribution in [2.24, 2.45) is 0 Å². The Morgan fingerprint density at radius 1 is 1.17 bits per heavy atom. The number of H-pyrrole nitrogens is 1. The maximum absolute atomic E-state index is 3.87. The van der Waals surface area contributed by atoms with Crippen molar-refractivity contribution in [1.29, 1.82) is 0 Å². The van der Waals surface area contributed by atoms with Crippen LogP contribution in [0.15, 0.2) is 49.1 Å². The molecular weight excluding hydrogens is 218 g/mol. The minimum absolute atomic E-state index is 0. The summed E-state index contributed by atoms with van der Waals surface area (Å²) in [6.07, 6.45) is 6.06. The van der Waals surface area contributed by atoms with Crippen LogP contribution in [0.3, 0.4) is 0 Å². The molecule has 1 heterocycles. The SMILES string of the molecule is C=Cc1[nH]c2cc3ccccc3cc2c1/C=C\C.[HH]. The Labute approximate surface area is 108 Å². The lowest BCUT2D eigenvalue weighted by Crippen LogP contribution is -1.74. The summed E-state index contributed by atoms with van der Waals surface area (Å²) in [6.45, 7) is 5.91. The molecule has 0 bridgehead atoms. The van der Waals surface area contributed by atoms with Crippen molar-refractivity contribution >= 4 is 33.8 Å². The third-order valence-corrected chi connectivity index (χ3v) is 3.27. The smallest absolute Gasteiger partial charge is 0.0471 e. The zero-order valence-corrected chi connectivity index (χ0v) is 10.4. The number of rotatable bonds is 2. The van der Waals surface area contributed by atoms with Crippen molar-refractivity contribution in [1.82, 2.24) is 4.98 Å². The van der Waals surface area contributed by atoms with E-state index < -0.39 is 0 Å². The molecule has 0 atom stereocenters. The number of benzene rings is 2. The lowest BCUT2D eigenvalue weighted by molar-refractivity contribution is 1.43. The summed E-state index contributed by atoms with van der Waals surface area (Å²) in [5.41, 5.74) is 3.46. The van der Waals surface area contributed by atoms with Crippen molar-refractivity contribution < 1.29 is 1.43 Å². The fourth-order valence-corrected chi connectivity index (χ4v) is 2.43. The van der Waals surface area contributed by atoms with Crippen molar-refractivity contribution in [3.05, 3.63) is 60.3 Å². The molecule has 3 aromatic rings. The highest BCUT2D eigenvalue weighted by Crippen LogP contribution is 2.29. The third kappa shape index (κ3) is 1.56. The summed E-state index contributed by atoms with van der Waals surface area (Å²) in [7, 11) is 0. The fraction of sp³-hybridized carbons (Fsp3) is 0.0588. The second-order valence-electron chi connectivity index (χ2n) is 4.40. The van der Waals surface area contributed by atoms with Crippen LogP contribution in [-0.4, -0.2) is 4.98 Å². The second-order valence-corrected chi connectivity index (χ2v) is 4.40. The number of fused-ring (bicyclic) bond motifs is 2. The average Bonchev–Trinajstić information content (AvgIpc) is 2.74. The summed E-state index contributed by atoms with van der Waals surface area (Å²) >= 11 is 0. The zero-order valence-electron chi connectivity index (χ0n) is 10.4. The first-order chi connectivity index (χ1) is 8.83. The Balaban J connectivity index is 0.00000133. The maximum atomic E-state index is 3.87. The van der Waals surface area contributed by atoms with Gasteiger partial charge in [-0.1, -0.05) is 43.0 Å². The van der Waals surface area contributed by atoms with Gasteiger partial charge in [-0.3, -0.25) is 0 Å². The molecular formula is C17H17N. The lowest BCUT2D eigenvalue weighted by Gasteiger charge is -1.98. The molecule has 1 nitrogen and oxygen atoms in total. The number of allylic oxidation sites excluding steroid dienone is 1. The molecule has 0 spiro atoms. The Kier molecular flexibility index (Phi) is 2.52. The van der Waals surface area contributed by atoms with E-state index in [1.165, 1.54) is 21.7 Å². The molecule has 0 aliphatic rings. The molecule has 0 fully saturated rings. The molecule has 0 amide bonds. The Bertz CT molecular complexity index is 765. The second kappa shape index (κ2) is 4.19. The van der Waals surface area contributed by atoms with E-state index in [2.05, 4.69) is 60.1 Å². The molecule has 0 unspecified atom stereocenters. The van der Waals surface area contributed by atoms with Gasteiger partial charge in [-0.15, -0.1) is 0 Å². The quantitative estimate of drug-likeness (QED) is 0.625. The van der Waals surface area contributed by atoms with E-state index in [0.717, 1.165) is 11.2 Å². The van der Waals surface area contributed by atoms with E-state index in [1.807, 2.05) is 13.0 Å². The first kappa shape index (κ1) is 10.8. The van der Waals surface area contributed by atoms with Crippen LogP contribution < -0.4 is 0 Å². The maximum Gasteiger partial charge on any atom is 0.0471 e. The van der Waals surface area contributed by atoms with E-state index in [-0.39, 0.29) is 1.43 Å². The van der Waals surface area contributed by atoms with Gasteiger partial charge in [0.25, 0.3) is 0 Å². The minimum Gasteiger partial charge on any atom is -0.355 e. The topological polar surface area (TPSA) is 15.8 Å². The average molecular weight is 235 g/mol. The molecule has 1 aromatic heterocycles. The molecule has 0 radical (unpaired) electrons. The van der Waals surface area contributed by atoms with Crippen LogP contribution in [-0.2, 0) is 0 Å². The first-order valence-electron chi connectivity index (χ1n) is 6.13. The molecule has 90 valence electrons. The van der Waals surface area contributed by atoms with Crippen LogP contribution in [0, 0.1) is 0 Å². The standard InChI is InChI=1S/C17H15N.H2/c1-3-7-14-15-10-12-8-5-6-9-13(12)11-17(15)18-16(14)4-2;/h3-11,18H,2H2,1H3;1H/b7-3-;. The van der Waals surface area contributed by atoms with E-state index in [4.69, 9.17) is 0 Å². The molecule has 1 heteroatoms. The number of hydrogen-bond donors (Lipinski definition) is 1. The normalized spacial score (nSPS) is 11.6. The van der Waals surface area contributed by atoms with Gasteiger partial charge in [-0.2, -0.15) is 0 Å². The van der Waals surface area contributed by atoms with Crippen LogP contribution in [0.25, 0.3) is 33.8 Å². The molecule has 2 aromatic carbocycles. The van der Waals surface area contributed by atoms with Crippen LogP contribution in [0.1, 0.15) is 19.6 Å². The van der Waals surface area contributed by atoms with Gasteiger partial charge in [0.1, 0.15) is 0 Å². The third-order valence-electron chi connectivity index (χ3n) is 3.27. The highest BCUT2D eigenvalue weighted by atomic mass is 14.7. The fourth-order valence-electron chi connectivity index (χ4n) is 2.43. The molecule has 1 N–H and O–H groups in total. The Morgan fingerprint density at radius 3 is 2.56 bits per heavy atom. The van der Waals surface area contributed by atoms with Gasteiger partial charge in [0.05, 0.1) is 0 Å². The van der Waals surface area contributed by atoms with Gasteiger partial charge in [0, 0.05) is 23.6 Å². The summed E-state index contributed by atoms with van der Waals surface area (Å²) in [5, 5.41) is 3.78. The monoisotopic (exact) mass is 235 g/mol. The van der Waals surface area contributed by atoms with E-state index >= 15 is 0 Å². The predicted molar refractivity (Wildman–Crippen MR) is 82.7 cm³/mol. The van der Waals surface area contributed by atoms with Crippen molar-refractivity contribution in [3.63, 3.8) is 0 Å². The summed E-state index contributed by atoms with van der Waals surface area (Å²) < 4.78 is 0. The molecule has 0 aliphatic heterocycles. The van der Waals surface area contributed by atoms with Crippen molar-refractivity contribution in [2.75, 3.05) is 0 Å². The zero-order chi connectivity index (χ0) is 12.5. The van der Waals surface area contributed by atoms with Gasteiger partial charge < -0.3 is 4.98 Å². The molecule has 0 aliphatic carbocycles. The van der Waals surface area contributed by atoms with Crippen LogP contribution >= 0.6 is 0 Å². The highest BCUT2D eigenvalue weighted by molar-refractivity contribution is 6.02. The number of hydrogen-bond acceptors (Lipinski definition) is 0. The van der Waals surface area contributed by atoms with Gasteiger partial charge in [0.2, 0.25) is 0 Å². The van der Waals surface area contributed by atoms with Crippen LogP contribution in [0.4, 0.5) is 0 Å². The number of aromatic amines is 1. The Morgan fingerprint density at radius 2 is 1.89 bits per heavy atom. The van der Waals surface area contributed by atoms with Crippen molar-refractivity contribution in [2.45, 2.75) is 6.92 Å². The van der Waals surface area contributed by atoms with Gasteiger partial charge in [0.15, 0.2) is 0 Å². The molecule has 0 saturated carbocycles. The highest BCUT2D eigenvalue weighted by Gasteiger charge is 2.07. The minimum atomic E-state index is 0. The van der Waals surface area contributed by atoms with Crippen molar-refractivity contribution in [3.8, 4) is 0 Å². The van der Waals surface area contributed by atoms with Crippen LogP contribution in [0.5, 0.6) is 0 Å². The van der Waals surface area contributed by atoms with Gasteiger partial charge in [-0.25, -0.2) is 0 Å². The molecule has 3 rings (SSSR count). The Hall–Kier alpha value is -2.28. The largest absolute Gasteiger partial charge is 0.355 e. The summed E-state index contributed by atoms with van der Waals surface area (Å²) in [6, 6.07) is 12.9. The lowest BCUT2D eigenvalue weighted by atomic mass is 10.0. The van der Waals surface area contributed by atoms with Crippen LogP contribution in [0.2, 0.25) is 0 Å². The van der Waals surface area contributed by atoms with E-state index in [9.17, 15) is 0 Å². The molecule has 0 saturated heterocycles. The summed E-state index contributed by atoms with van der Waals surface area (Å²) in [4.78, 5) is 3.42. The number of aromatic nitrogens is 1. The van der Waals surface area contributed by atoms with E-state index in [1.54, 1.807) is 0 Å². The molecule has 18 heavy (non-hydrogen) atoms. The van der Waals surface area contributed by atoms with Gasteiger partial charge in [-0.05, 0) is 35.9 Å². The first-order valence-corrected chi connectivity index (χ1v) is 6.13. The van der Waals surface area contributed by atoms with E-state index in [0.29, 0.717) is 0 Å².